The zero-order valence-electron chi connectivity index (χ0n) is 12.8. The Kier molecular flexibility index (Phi) is 4.54. The highest BCUT2D eigenvalue weighted by molar-refractivity contribution is 6.62. The summed E-state index contributed by atoms with van der Waals surface area (Å²) in [4.78, 5) is 0. The fourth-order valence-electron chi connectivity index (χ4n) is 1.95. The summed E-state index contributed by atoms with van der Waals surface area (Å²) in [5, 5.41) is 0.171. The van der Waals surface area contributed by atoms with Gasteiger partial charge >= 0.3 is 7.12 Å². The normalized spacial score (nSPS) is 19.9. The van der Waals surface area contributed by atoms with Crippen molar-refractivity contribution in [3.63, 3.8) is 0 Å². The predicted octanol–water partition coefficient (Wildman–Crippen LogP) is 2.76. The van der Waals surface area contributed by atoms with E-state index in [0.717, 1.165) is 0 Å². The monoisotopic (exact) mass is 316 g/mol. The maximum atomic E-state index is 14.6. The van der Waals surface area contributed by atoms with Gasteiger partial charge in [-0.2, -0.15) is 0 Å². The molecule has 0 aromatic heterocycles. The van der Waals surface area contributed by atoms with E-state index >= 15 is 0 Å². The molecule has 1 saturated heterocycles. The molecule has 7 heteroatoms. The van der Waals surface area contributed by atoms with Crippen LogP contribution in [-0.2, 0) is 14.0 Å². The third kappa shape index (κ3) is 3.04. The fourth-order valence-corrected chi connectivity index (χ4v) is 2.15. The summed E-state index contributed by atoms with van der Waals surface area (Å²) in [5.41, 5.74) is -0.835. The summed E-state index contributed by atoms with van der Waals surface area (Å²) >= 11 is 5.95. The van der Waals surface area contributed by atoms with Crippen LogP contribution in [0.15, 0.2) is 12.1 Å². The zero-order chi connectivity index (χ0) is 15.8. The van der Waals surface area contributed by atoms with E-state index in [1.165, 1.54) is 7.11 Å². The molecule has 1 heterocycles. The van der Waals surface area contributed by atoms with Gasteiger partial charge in [0.15, 0.2) is 18.4 Å². The summed E-state index contributed by atoms with van der Waals surface area (Å²) in [6, 6.07) is 3.09. The Hall–Kier alpha value is -0.815. The van der Waals surface area contributed by atoms with Gasteiger partial charge in [0, 0.05) is 12.6 Å². The molecule has 0 aliphatic carbocycles. The molecule has 0 N–H and O–H groups in total. The first kappa shape index (κ1) is 16.6. The molecular formula is C14H19BClFO4. The summed E-state index contributed by atoms with van der Waals surface area (Å²) in [6.07, 6.45) is 0. The minimum Gasteiger partial charge on any atom is -0.463 e. The van der Waals surface area contributed by atoms with E-state index in [1.807, 2.05) is 27.7 Å². The lowest BCUT2D eigenvalue weighted by Crippen LogP contribution is -2.41. The van der Waals surface area contributed by atoms with Crippen LogP contribution < -0.4 is 10.2 Å². The van der Waals surface area contributed by atoms with Crippen LogP contribution in [0, 0.1) is 5.82 Å². The molecule has 0 unspecified atom stereocenters. The van der Waals surface area contributed by atoms with Gasteiger partial charge in [-0.3, -0.25) is 0 Å². The second-order valence-corrected chi connectivity index (χ2v) is 6.33. The van der Waals surface area contributed by atoms with Crippen LogP contribution in [0.25, 0.3) is 0 Å². The molecule has 0 atom stereocenters. The van der Waals surface area contributed by atoms with Crippen molar-refractivity contribution in [3.8, 4) is 5.75 Å². The number of benzene rings is 1. The first-order valence-corrected chi connectivity index (χ1v) is 7.02. The van der Waals surface area contributed by atoms with Crippen LogP contribution in [0.1, 0.15) is 27.7 Å². The average molecular weight is 317 g/mol. The third-order valence-electron chi connectivity index (χ3n) is 3.91. The van der Waals surface area contributed by atoms with Crippen molar-refractivity contribution < 1.29 is 23.2 Å². The fraction of sp³-hybridized carbons (Fsp3) is 0.571. The second kappa shape index (κ2) is 5.76. The van der Waals surface area contributed by atoms with E-state index in [4.69, 9.17) is 30.4 Å². The molecule has 1 aromatic rings. The number of halogens is 2. The molecule has 116 valence electrons. The molecule has 1 fully saturated rings. The highest BCUT2D eigenvalue weighted by Crippen LogP contribution is 2.37. The zero-order valence-corrected chi connectivity index (χ0v) is 13.6. The molecule has 1 aliphatic rings. The average Bonchev–Trinajstić information content (AvgIpc) is 2.58. The molecule has 1 aromatic carbocycles. The summed E-state index contributed by atoms with van der Waals surface area (Å²) in [5.74, 6) is -0.663. The number of hydrogen-bond acceptors (Lipinski definition) is 4. The highest BCUT2D eigenvalue weighted by Gasteiger charge is 2.52. The van der Waals surface area contributed by atoms with Gasteiger partial charge in [-0.15, -0.1) is 0 Å². The SMILES string of the molecule is COCOc1c(Cl)ccc(B2OC(C)(C)C(C)(C)O2)c1F. The van der Waals surface area contributed by atoms with Crippen LogP contribution in [0.4, 0.5) is 4.39 Å². The highest BCUT2D eigenvalue weighted by atomic mass is 35.5. The molecule has 21 heavy (non-hydrogen) atoms. The van der Waals surface area contributed by atoms with Crippen molar-refractivity contribution in [1.82, 2.24) is 0 Å². The van der Waals surface area contributed by atoms with Crippen LogP contribution in [0.3, 0.4) is 0 Å². The maximum absolute atomic E-state index is 14.6. The molecule has 0 bridgehead atoms. The Labute approximate surface area is 129 Å². The van der Waals surface area contributed by atoms with E-state index in [9.17, 15) is 4.39 Å². The molecule has 2 rings (SSSR count). The first-order chi connectivity index (χ1) is 9.69. The van der Waals surface area contributed by atoms with Crippen LogP contribution >= 0.6 is 11.6 Å². The number of methoxy groups -OCH3 is 1. The standard InChI is InChI=1S/C14H19BClFO4/c1-13(2)14(3,4)21-15(20-13)9-6-7-10(16)12(11(9)17)19-8-18-5/h6-7H,8H2,1-5H3. The van der Waals surface area contributed by atoms with Crippen molar-refractivity contribution in [3.05, 3.63) is 23.0 Å². The largest absolute Gasteiger partial charge is 0.498 e. The lowest BCUT2D eigenvalue weighted by atomic mass is 9.78. The van der Waals surface area contributed by atoms with E-state index < -0.39 is 24.1 Å². The van der Waals surface area contributed by atoms with Crippen molar-refractivity contribution in [1.29, 1.82) is 0 Å². The van der Waals surface area contributed by atoms with E-state index in [2.05, 4.69) is 0 Å². The Morgan fingerprint density at radius 1 is 1.19 bits per heavy atom. The van der Waals surface area contributed by atoms with Crippen molar-refractivity contribution in [2.75, 3.05) is 13.9 Å². The topological polar surface area (TPSA) is 36.9 Å². The Morgan fingerprint density at radius 3 is 2.29 bits per heavy atom. The quantitative estimate of drug-likeness (QED) is 0.632. The lowest BCUT2D eigenvalue weighted by Gasteiger charge is -2.32. The molecular weight excluding hydrogens is 297 g/mol. The van der Waals surface area contributed by atoms with Crippen molar-refractivity contribution in [2.45, 2.75) is 38.9 Å². The molecule has 4 nitrogen and oxygen atoms in total. The summed E-state index contributed by atoms with van der Waals surface area (Å²) in [7, 11) is 0.640. The molecule has 0 amide bonds. The Morgan fingerprint density at radius 2 is 1.76 bits per heavy atom. The van der Waals surface area contributed by atoms with Gasteiger partial charge in [0.2, 0.25) is 0 Å². The second-order valence-electron chi connectivity index (χ2n) is 5.92. The predicted molar refractivity (Wildman–Crippen MR) is 79.6 cm³/mol. The Bertz CT molecular complexity index is 520. The van der Waals surface area contributed by atoms with Crippen molar-refractivity contribution >= 4 is 24.2 Å². The smallest absolute Gasteiger partial charge is 0.463 e. The summed E-state index contributed by atoms with van der Waals surface area (Å²) in [6.45, 7) is 7.53. The molecule has 0 spiro atoms. The Balaban J connectivity index is 2.34. The van der Waals surface area contributed by atoms with Gasteiger partial charge in [0.1, 0.15) is 0 Å². The van der Waals surface area contributed by atoms with Crippen molar-refractivity contribution in [2.24, 2.45) is 0 Å². The number of rotatable bonds is 4. The van der Waals surface area contributed by atoms with Gasteiger partial charge in [-0.05, 0) is 33.8 Å². The van der Waals surface area contributed by atoms with Gasteiger partial charge in [0.25, 0.3) is 0 Å². The lowest BCUT2D eigenvalue weighted by molar-refractivity contribution is 0.00578. The van der Waals surface area contributed by atoms with Crippen LogP contribution in [-0.4, -0.2) is 32.2 Å². The van der Waals surface area contributed by atoms with Gasteiger partial charge in [-0.1, -0.05) is 17.7 Å². The summed E-state index contributed by atoms with van der Waals surface area (Å²) < 4.78 is 36.2. The molecule has 1 aliphatic heterocycles. The van der Waals surface area contributed by atoms with Gasteiger partial charge in [-0.25, -0.2) is 4.39 Å². The van der Waals surface area contributed by atoms with Gasteiger partial charge in [0.05, 0.1) is 16.2 Å². The maximum Gasteiger partial charge on any atom is 0.498 e. The van der Waals surface area contributed by atoms with E-state index in [1.54, 1.807) is 12.1 Å². The third-order valence-corrected chi connectivity index (χ3v) is 4.20. The van der Waals surface area contributed by atoms with E-state index in [-0.39, 0.29) is 23.0 Å². The van der Waals surface area contributed by atoms with Crippen LogP contribution in [0.2, 0.25) is 5.02 Å². The number of ether oxygens (including phenoxy) is 2. The van der Waals surface area contributed by atoms with Crippen LogP contribution in [0.5, 0.6) is 5.75 Å². The minimum atomic E-state index is -0.808. The van der Waals surface area contributed by atoms with Gasteiger partial charge < -0.3 is 18.8 Å². The molecule has 0 radical (unpaired) electrons. The minimum absolute atomic E-state index is 0.0641. The number of hydrogen-bond donors (Lipinski definition) is 0. The van der Waals surface area contributed by atoms with E-state index in [0.29, 0.717) is 0 Å². The molecule has 0 saturated carbocycles. The first-order valence-electron chi connectivity index (χ1n) is 6.65.